The minimum absolute atomic E-state index is 0.114. The third kappa shape index (κ3) is 3.40. The van der Waals surface area contributed by atoms with Crippen molar-refractivity contribution in [2.24, 2.45) is 11.8 Å². The molecule has 16 heavy (non-hydrogen) atoms. The van der Waals surface area contributed by atoms with Crippen molar-refractivity contribution in [2.75, 3.05) is 0 Å². The van der Waals surface area contributed by atoms with Gasteiger partial charge in [-0.15, -0.1) is 11.8 Å². The van der Waals surface area contributed by atoms with Gasteiger partial charge in [0, 0.05) is 16.1 Å². The molecule has 0 aliphatic heterocycles. The molecule has 0 radical (unpaired) electrons. The minimum Gasteiger partial charge on any atom is -0.294 e. The number of thioether (sulfide) groups is 1. The fourth-order valence-corrected chi connectivity index (χ4v) is 2.52. The van der Waals surface area contributed by atoms with E-state index in [4.69, 9.17) is 17.4 Å². The molecule has 0 heterocycles. The number of benzene rings is 1. The van der Waals surface area contributed by atoms with Gasteiger partial charge in [-0.25, -0.2) is 5.84 Å². The van der Waals surface area contributed by atoms with Gasteiger partial charge < -0.3 is 0 Å². The summed E-state index contributed by atoms with van der Waals surface area (Å²) in [5, 5.41) is 0.822. The molecule has 3 nitrogen and oxygen atoms in total. The Kier molecular flexibility index (Phi) is 5.12. The van der Waals surface area contributed by atoms with Crippen molar-refractivity contribution >= 4 is 29.3 Å². The molecule has 0 aliphatic carbocycles. The smallest absolute Gasteiger partial charge is 0.237 e. The molecule has 2 unspecified atom stereocenters. The van der Waals surface area contributed by atoms with Gasteiger partial charge in [-0.3, -0.25) is 10.2 Å². The summed E-state index contributed by atoms with van der Waals surface area (Å²) < 4.78 is 0. The van der Waals surface area contributed by atoms with E-state index in [-0.39, 0.29) is 17.1 Å². The number of hydrogen-bond donors (Lipinski definition) is 2. The van der Waals surface area contributed by atoms with Gasteiger partial charge in [0.15, 0.2) is 0 Å². The van der Waals surface area contributed by atoms with Gasteiger partial charge in [0.1, 0.15) is 0 Å². The van der Waals surface area contributed by atoms with Crippen molar-refractivity contribution in [1.82, 2.24) is 5.43 Å². The fraction of sp³-hybridized carbons (Fsp3) is 0.364. The molecular weight excluding hydrogens is 244 g/mol. The van der Waals surface area contributed by atoms with Crippen LogP contribution in [-0.4, -0.2) is 11.2 Å². The normalized spacial score (nSPS) is 14.2. The number of carbonyl (C=O) groups is 1. The van der Waals surface area contributed by atoms with Crippen LogP contribution < -0.4 is 11.3 Å². The molecule has 1 aromatic rings. The monoisotopic (exact) mass is 258 g/mol. The number of hydrazine groups is 1. The van der Waals surface area contributed by atoms with Crippen molar-refractivity contribution in [3.63, 3.8) is 0 Å². The van der Waals surface area contributed by atoms with Gasteiger partial charge in [0.25, 0.3) is 0 Å². The topological polar surface area (TPSA) is 55.1 Å². The molecule has 0 aromatic heterocycles. The number of amides is 1. The highest BCUT2D eigenvalue weighted by Gasteiger charge is 2.20. The minimum atomic E-state index is -0.161. The van der Waals surface area contributed by atoms with Crippen LogP contribution in [0.3, 0.4) is 0 Å². The Hall–Kier alpha value is -0.710. The second kappa shape index (κ2) is 6.13. The van der Waals surface area contributed by atoms with Gasteiger partial charge in [-0.2, -0.15) is 0 Å². The van der Waals surface area contributed by atoms with E-state index < -0.39 is 0 Å². The second-order valence-corrected chi connectivity index (χ2v) is 5.38. The van der Waals surface area contributed by atoms with Crippen LogP contribution in [0.25, 0.3) is 0 Å². The fourth-order valence-electron chi connectivity index (χ4n) is 1.19. The summed E-state index contributed by atoms with van der Waals surface area (Å²) in [6.45, 7) is 3.82. The number of nitrogens with one attached hydrogen (secondary N) is 1. The van der Waals surface area contributed by atoms with Crippen LogP contribution in [0.15, 0.2) is 29.2 Å². The van der Waals surface area contributed by atoms with Crippen LogP contribution in [0.1, 0.15) is 13.8 Å². The summed E-state index contributed by atoms with van der Waals surface area (Å²) in [4.78, 5) is 12.3. The van der Waals surface area contributed by atoms with Crippen LogP contribution in [0.2, 0.25) is 5.02 Å². The Morgan fingerprint density at radius 2 is 2.06 bits per heavy atom. The maximum atomic E-state index is 11.3. The Bertz CT molecular complexity index is 373. The second-order valence-electron chi connectivity index (χ2n) is 3.55. The summed E-state index contributed by atoms with van der Waals surface area (Å²) in [6, 6.07) is 7.59. The number of halogens is 1. The lowest BCUT2D eigenvalue weighted by molar-refractivity contribution is -0.124. The lowest BCUT2D eigenvalue weighted by Crippen LogP contribution is -2.38. The van der Waals surface area contributed by atoms with Gasteiger partial charge in [-0.1, -0.05) is 37.6 Å². The summed E-state index contributed by atoms with van der Waals surface area (Å²) in [5.41, 5.74) is 2.16. The highest BCUT2D eigenvalue weighted by Crippen LogP contribution is 2.32. The van der Waals surface area contributed by atoms with E-state index in [1.54, 1.807) is 11.8 Å². The van der Waals surface area contributed by atoms with Crippen molar-refractivity contribution in [3.05, 3.63) is 29.3 Å². The molecule has 1 amide bonds. The van der Waals surface area contributed by atoms with Gasteiger partial charge in [0.05, 0.1) is 5.02 Å². The molecule has 0 saturated heterocycles. The average molecular weight is 259 g/mol. The van der Waals surface area contributed by atoms with E-state index >= 15 is 0 Å². The van der Waals surface area contributed by atoms with E-state index in [9.17, 15) is 4.79 Å². The predicted molar refractivity (Wildman–Crippen MR) is 68.3 cm³/mol. The lowest BCUT2D eigenvalue weighted by atomic mass is 10.1. The summed E-state index contributed by atoms with van der Waals surface area (Å²) in [5.74, 6) is 4.78. The van der Waals surface area contributed by atoms with Crippen LogP contribution >= 0.6 is 23.4 Å². The van der Waals surface area contributed by atoms with Gasteiger partial charge >= 0.3 is 0 Å². The lowest BCUT2D eigenvalue weighted by Gasteiger charge is -2.18. The van der Waals surface area contributed by atoms with E-state index in [1.807, 2.05) is 38.1 Å². The van der Waals surface area contributed by atoms with Crippen molar-refractivity contribution in [1.29, 1.82) is 0 Å². The largest absolute Gasteiger partial charge is 0.294 e. The zero-order valence-electron chi connectivity index (χ0n) is 9.24. The number of carbonyl (C=O) groups excluding carboxylic acids is 1. The quantitative estimate of drug-likeness (QED) is 0.378. The van der Waals surface area contributed by atoms with Crippen molar-refractivity contribution in [2.45, 2.75) is 24.0 Å². The van der Waals surface area contributed by atoms with Crippen molar-refractivity contribution < 1.29 is 4.79 Å². The van der Waals surface area contributed by atoms with Gasteiger partial charge in [-0.05, 0) is 12.1 Å². The molecular formula is C11H15ClN2OS. The Morgan fingerprint density at radius 1 is 1.44 bits per heavy atom. The summed E-state index contributed by atoms with van der Waals surface area (Å²) >= 11 is 7.61. The van der Waals surface area contributed by atoms with Crippen LogP contribution in [0, 0.1) is 5.92 Å². The molecule has 2 atom stereocenters. The highest BCUT2D eigenvalue weighted by atomic mass is 35.5. The van der Waals surface area contributed by atoms with Gasteiger partial charge in [0.2, 0.25) is 5.91 Å². The maximum Gasteiger partial charge on any atom is 0.237 e. The first-order chi connectivity index (χ1) is 7.56. The standard InChI is InChI=1S/C11H15ClN2OS/c1-7(11(15)14-13)8(2)16-10-6-4-3-5-9(10)12/h3-8H,13H2,1-2H3,(H,14,15). The molecule has 1 aromatic carbocycles. The zero-order chi connectivity index (χ0) is 12.1. The zero-order valence-corrected chi connectivity index (χ0v) is 10.8. The first-order valence-electron chi connectivity index (χ1n) is 4.98. The highest BCUT2D eigenvalue weighted by molar-refractivity contribution is 8.00. The molecule has 0 fully saturated rings. The molecule has 0 bridgehead atoms. The third-order valence-electron chi connectivity index (χ3n) is 2.41. The number of hydrogen-bond acceptors (Lipinski definition) is 3. The molecule has 5 heteroatoms. The maximum absolute atomic E-state index is 11.3. The van der Waals surface area contributed by atoms with Crippen LogP contribution in [0.5, 0.6) is 0 Å². The SMILES string of the molecule is CC(Sc1ccccc1Cl)C(C)C(=O)NN. The molecule has 3 N–H and O–H groups in total. The van der Waals surface area contributed by atoms with E-state index in [1.165, 1.54) is 0 Å². The average Bonchev–Trinajstić information content (AvgIpc) is 2.30. The summed E-state index contributed by atoms with van der Waals surface area (Å²) in [7, 11) is 0. The number of nitrogens with two attached hydrogens (primary N) is 1. The Morgan fingerprint density at radius 3 is 2.62 bits per heavy atom. The molecule has 1 rings (SSSR count). The number of rotatable bonds is 4. The van der Waals surface area contributed by atoms with E-state index in [0.29, 0.717) is 5.02 Å². The molecule has 0 spiro atoms. The molecule has 0 aliphatic rings. The molecule has 88 valence electrons. The van der Waals surface area contributed by atoms with E-state index in [2.05, 4.69) is 5.43 Å². The predicted octanol–water partition coefficient (Wildman–Crippen LogP) is 2.45. The van der Waals surface area contributed by atoms with E-state index in [0.717, 1.165) is 4.90 Å². The first-order valence-corrected chi connectivity index (χ1v) is 6.23. The van der Waals surface area contributed by atoms with Crippen molar-refractivity contribution in [3.8, 4) is 0 Å². The third-order valence-corrected chi connectivity index (χ3v) is 4.24. The first kappa shape index (κ1) is 13.4. The summed E-state index contributed by atoms with van der Waals surface area (Å²) in [6.07, 6.45) is 0. The molecule has 0 saturated carbocycles. The Labute approximate surface area is 105 Å². The Balaban J connectivity index is 2.68. The van der Waals surface area contributed by atoms with Crippen LogP contribution in [-0.2, 0) is 4.79 Å². The van der Waals surface area contributed by atoms with Crippen LogP contribution in [0.4, 0.5) is 0 Å².